The Morgan fingerprint density at radius 1 is 1.12 bits per heavy atom. The Morgan fingerprint density at radius 2 is 1.88 bits per heavy atom. The van der Waals surface area contributed by atoms with Crippen LogP contribution in [0.5, 0.6) is 0 Å². The number of carbonyl (C=O) groups excluding carboxylic acids is 1. The molecule has 1 amide bonds. The lowest BCUT2D eigenvalue weighted by Gasteiger charge is -2.08. The molecule has 0 aliphatic heterocycles. The van der Waals surface area contributed by atoms with Crippen molar-refractivity contribution in [3.63, 3.8) is 0 Å². The van der Waals surface area contributed by atoms with Gasteiger partial charge in [0.2, 0.25) is 0 Å². The van der Waals surface area contributed by atoms with Gasteiger partial charge in [-0.25, -0.2) is 0 Å². The van der Waals surface area contributed by atoms with E-state index in [0.717, 1.165) is 10.0 Å². The van der Waals surface area contributed by atoms with E-state index in [9.17, 15) is 4.79 Å². The van der Waals surface area contributed by atoms with E-state index in [4.69, 9.17) is 21.1 Å². The van der Waals surface area contributed by atoms with E-state index >= 15 is 0 Å². The number of nitrogens with one attached hydrogen (secondary N) is 1. The zero-order chi connectivity index (χ0) is 17.1. The van der Waals surface area contributed by atoms with Crippen molar-refractivity contribution in [3.8, 4) is 11.3 Å². The summed E-state index contributed by atoms with van der Waals surface area (Å²) in [5.41, 5.74) is 1.90. The van der Waals surface area contributed by atoms with Gasteiger partial charge in [-0.05, 0) is 54.6 Å². The first-order chi connectivity index (χ1) is 11.6. The Balaban J connectivity index is 1.76. The summed E-state index contributed by atoms with van der Waals surface area (Å²) >= 11 is 9.39. The van der Waals surface area contributed by atoms with E-state index in [1.54, 1.807) is 42.5 Å². The summed E-state index contributed by atoms with van der Waals surface area (Å²) in [5, 5.41) is 12.2. The fourth-order valence-corrected chi connectivity index (χ4v) is 2.77. The van der Waals surface area contributed by atoms with Gasteiger partial charge in [0.05, 0.1) is 10.6 Å². The van der Waals surface area contributed by atoms with Crippen molar-refractivity contribution in [1.29, 1.82) is 0 Å². The lowest BCUT2D eigenvalue weighted by atomic mass is 10.1. The van der Waals surface area contributed by atoms with Crippen molar-refractivity contribution >= 4 is 39.1 Å². The van der Waals surface area contributed by atoms with Gasteiger partial charge in [0.15, 0.2) is 0 Å². The van der Waals surface area contributed by atoms with Crippen LogP contribution in [-0.2, 0) is 6.61 Å². The van der Waals surface area contributed by atoms with Crippen LogP contribution >= 0.6 is 27.5 Å². The molecule has 6 heteroatoms. The molecule has 1 aromatic heterocycles. The maximum Gasteiger partial charge on any atom is 0.257 e. The van der Waals surface area contributed by atoms with Gasteiger partial charge in [-0.3, -0.25) is 4.79 Å². The predicted molar refractivity (Wildman–Crippen MR) is 97.2 cm³/mol. The van der Waals surface area contributed by atoms with Crippen LogP contribution < -0.4 is 5.32 Å². The van der Waals surface area contributed by atoms with Crippen molar-refractivity contribution in [1.82, 2.24) is 0 Å². The van der Waals surface area contributed by atoms with Crippen LogP contribution in [0.1, 0.15) is 16.1 Å². The van der Waals surface area contributed by atoms with Gasteiger partial charge < -0.3 is 14.8 Å². The number of rotatable bonds is 4. The highest BCUT2D eigenvalue weighted by atomic mass is 79.9. The standard InChI is InChI=1S/C18H13BrClNO3/c19-12-3-7-16(20)15(9-12)18(23)21-13-4-1-11(2-5-13)17-8-6-14(10-22)24-17/h1-9,22H,10H2,(H,21,23). The molecule has 0 aliphatic carbocycles. The molecular formula is C18H13BrClNO3. The number of carbonyl (C=O) groups is 1. The first-order valence-corrected chi connectivity index (χ1v) is 8.30. The molecule has 0 aliphatic rings. The number of aliphatic hydroxyl groups is 1. The van der Waals surface area contributed by atoms with Crippen molar-refractivity contribution in [2.75, 3.05) is 5.32 Å². The van der Waals surface area contributed by atoms with Crippen LogP contribution in [0.2, 0.25) is 5.02 Å². The highest BCUT2D eigenvalue weighted by Crippen LogP contribution is 2.25. The quantitative estimate of drug-likeness (QED) is 0.633. The molecular weight excluding hydrogens is 394 g/mol. The van der Waals surface area contributed by atoms with Crippen LogP contribution in [0, 0.1) is 0 Å². The van der Waals surface area contributed by atoms with Crippen LogP contribution in [-0.4, -0.2) is 11.0 Å². The molecule has 0 saturated carbocycles. The van der Waals surface area contributed by atoms with Gasteiger partial charge in [0.1, 0.15) is 18.1 Å². The molecule has 0 unspecified atom stereocenters. The van der Waals surface area contributed by atoms with Gasteiger partial charge in [-0.2, -0.15) is 0 Å². The summed E-state index contributed by atoms with van der Waals surface area (Å²) in [5.74, 6) is 0.883. The van der Waals surface area contributed by atoms with Gasteiger partial charge in [-0.1, -0.05) is 27.5 Å². The Bertz CT molecular complexity index is 874. The Labute approximate surface area is 152 Å². The summed E-state index contributed by atoms with van der Waals surface area (Å²) in [6.45, 7) is -0.137. The minimum Gasteiger partial charge on any atom is -0.459 e. The minimum absolute atomic E-state index is 0.137. The highest BCUT2D eigenvalue weighted by molar-refractivity contribution is 9.10. The molecule has 4 nitrogen and oxygen atoms in total. The largest absolute Gasteiger partial charge is 0.459 e. The minimum atomic E-state index is -0.283. The van der Waals surface area contributed by atoms with Crippen LogP contribution in [0.15, 0.2) is 63.5 Å². The van der Waals surface area contributed by atoms with Crippen LogP contribution in [0.25, 0.3) is 11.3 Å². The second kappa shape index (κ2) is 7.21. The molecule has 2 aromatic carbocycles. The third-order valence-electron chi connectivity index (χ3n) is 3.42. The topological polar surface area (TPSA) is 62.5 Å². The third kappa shape index (κ3) is 3.70. The number of hydrogen-bond donors (Lipinski definition) is 2. The zero-order valence-corrected chi connectivity index (χ0v) is 14.8. The molecule has 0 atom stereocenters. The number of furan rings is 1. The van der Waals surface area contributed by atoms with E-state index in [-0.39, 0.29) is 12.5 Å². The highest BCUT2D eigenvalue weighted by Gasteiger charge is 2.11. The molecule has 1 heterocycles. The SMILES string of the molecule is O=C(Nc1ccc(-c2ccc(CO)o2)cc1)c1cc(Br)ccc1Cl. The van der Waals surface area contributed by atoms with Gasteiger partial charge in [0, 0.05) is 15.7 Å². The fourth-order valence-electron chi connectivity index (χ4n) is 2.21. The molecule has 0 radical (unpaired) electrons. The molecule has 0 spiro atoms. The summed E-state index contributed by atoms with van der Waals surface area (Å²) in [4.78, 5) is 12.3. The lowest BCUT2D eigenvalue weighted by Crippen LogP contribution is -2.12. The number of amides is 1. The molecule has 0 bridgehead atoms. The predicted octanol–water partition coefficient (Wildman–Crippen LogP) is 5.11. The Hall–Kier alpha value is -2.08. The van der Waals surface area contributed by atoms with Crippen molar-refractivity contribution in [2.24, 2.45) is 0 Å². The molecule has 2 N–H and O–H groups in total. The van der Waals surface area contributed by atoms with E-state index in [2.05, 4.69) is 21.2 Å². The summed E-state index contributed by atoms with van der Waals surface area (Å²) < 4.78 is 6.26. The molecule has 24 heavy (non-hydrogen) atoms. The van der Waals surface area contributed by atoms with E-state index in [1.165, 1.54) is 0 Å². The summed E-state index contributed by atoms with van der Waals surface area (Å²) in [7, 11) is 0. The molecule has 122 valence electrons. The smallest absolute Gasteiger partial charge is 0.257 e. The van der Waals surface area contributed by atoms with Gasteiger partial charge >= 0.3 is 0 Å². The fraction of sp³-hybridized carbons (Fsp3) is 0.0556. The van der Waals surface area contributed by atoms with Gasteiger partial charge in [0.25, 0.3) is 5.91 Å². The number of benzene rings is 2. The second-order valence-corrected chi connectivity index (χ2v) is 6.40. The first kappa shape index (κ1) is 16.8. The number of aliphatic hydroxyl groups excluding tert-OH is 1. The summed E-state index contributed by atoms with van der Waals surface area (Å²) in [6.07, 6.45) is 0. The van der Waals surface area contributed by atoms with E-state index in [0.29, 0.717) is 27.8 Å². The van der Waals surface area contributed by atoms with E-state index in [1.807, 2.05) is 12.1 Å². The van der Waals surface area contributed by atoms with Crippen LogP contribution in [0.4, 0.5) is 5.69 Å². The Kier molecular flexibility index (Phi) is 5.04. The van der Waals surface area contributed by atoms with Gasteiger partial charge in [-0.15, -0.1) is 0 Å². The average Bonchev–Trinajstić information content (AvgIpc) is 3.07. The van der Waals surface area contributed by atoms with E-state index < -0.39 is 0 Å². The normalized spacial score (nSPS) is 10.6. The second-order valence-electron chi connectivity index (χ2n) is 5.08. The molecule has 0 saturated heterocycles. The maximum atomic E-state index is 12.3. The maximum absolute atomic E-state index is 12.3. The zero-order valence-electron chi connectivity index (χ0n) is 12.4. The monoisotopic (exact) mass is 405 g/mol. The van der Waals surface area contributed by atoms with Crippen LogP contribution in [0.3, 0.4) is 0 Å². The van der Waals surface area contributed by atoms with Crippen molar-refractivity contribution < 1.29 is 14.3 Å². The molecule has 3 aromatic rings. The average molecular weight is 407 g/mol. The molecule has 3 rings (SSSR count). The number of halogens is 2. The third-order valence-corrected chi connectivity index (χ3v) is 4.24. The number of anilines is 1. The summed E-state index contributed by atoms with van der Waals surface area (Å²) in [6, 6.07) is 15.8. The Morgan fingerprint density at radius 3 is 2.54 bits per heavy atom. The van der Waals surface area contributed by atoms with Crippen molar-refractivity contribution in [2.45, 2.75) is 6.61 Å². The van der Waals surface area contributed by atoms with Crippen molar-refractivity contribution in [3.05, 3.63) is 75.4 Å². The lowest BCUT2D eigenvalue weighted by molar-refractivity contribution is 0.102. The number of hydrogen-bond acceptors (Lipinski definition) is 3. The first-order valence-electron chi connectivity index (χ1n) is 7.13. The molecule has 0 fully saturated rings.